The van der Waals surface area contributed by atoms with Gasteiger partial charge in [-0.2, -0.15) is 0 Å². The molecule has 0 radical (unpaired) electrons. The third-order valence-corrected chi connectivity index (χ3v) is 3.98. The van der Waals surface area contributed by atoms with Gasteiger partial charge in [0.15, 0.2) is 0 Å². The number of nitro benzene ring substituents is 1. The van der Waals surface area contributed by atoms with Crippen molar-refractivity contribution >= 4 is 17.3 Å². The largest absolute Gasteiger partial charge is 0.496 e. The summed E-state index contributed by atoms with van der Waals surface area (Å²) in [5.41, 5.74) is 0.436. The molecular weight excluding hydrogens is 312 g/mol. The number of carbonyl (C=O) groups is 1. The molecule has 0 aliphatic rings. The van der Waals surface area contributed by atoms with Gasteiger partial charge in [0.25, 0.3) is 11.6 Å². The van der Waals surface area contributed by atoms with Crippen molar-refractivity contribution in [2.75, 3.05) is 52.3 Å². The SMILES string of the molecule is CC[NH+](CC)CCNC(=O)c1cc([N+](=O)[O-])c(N(C)C)cc1OC. The Bertz CT molecular complexity index is 586. The molecule has 0 saturated heterocycles. The zero-order valence-corrected chi connectivity index (χ0v) is 15.0. The lowest BCUT2D eigenvalue weighted by atomic mass is 10.1. The quantitative estimate of drug-likeness (QED) is 0.500. The Hall–Kier alpha value is -2.35. The van der Waals surface area contributed by atoms with E-state index in [1.165, 1.54) is 24.1 Å². The average Bonchev–Trinajstić information content (AvgIpc) is 2.56. The lowest BCUT2D eigenvalue weighted by Gasteiger charge is -2.17. The summed E-state index contributed by atoms with van der Waals surface area (Å²) >= 11 is 0. The van der Waals surface area contributed by atoms with E-state index in [1.807, 2.05) is 0 Å². The van der Waals surface area contributed by atoms with Crippen molar-refractivity contribution in [3.63, 3.8) is 0 Å². The number of carbonyl (C=O) groups excluding carboxylic acids is 1. The minimum atomic E-state index is -0.494. The second-order valence-corrected chi connectivity index (χ2v) is 5.66. The van der Waals surface area contributed by atoms with Crippen LogP contribution in [0.3, 0.4) is 0 Å². The molecule has 1 amide bonds. The van der Waals surface area contributed by atoms with Crippen LogP contribution in [0.5, 0.6) is 5.75 Å². The Labute approximate surface area is 142 Å². The highest BCUT2D eigenvalue weighted by Crippen LogP contribution is 2.34. The second kappa shape index (κ2) is 9.07. The van der Waals surface area contributed by atoms with Crippen LogP contribution in [0, 0.1) is 10.1 Å². The first-order valence-corrected chi connectivity index (χ1v) is 8.01. The van der Waals surface area contributed by atoms with Gasteiger partial charge in [-0.25, -0.2) is 0 Å². The van der Waals surface area contributed by atoms with Crippen LogP contribution in [0.2, 0.25) is 0 Å². The number of nitro groups is 1. The van der Waals surface area contributed by atoms with Crippen LogP contribution >= 0.6 is 0 Å². The van der Waals surface area contributed by atoms with Gasteiger partial charge in [-0.3, -0.25) is 14.9 Å². The summed E-state index contributed by atoms with van der Waals surface area (Å²) in [6, 6.07) is 2.79. The summed E-state index contributed by atoms with van der Waals surface area (Å²) in [7, 11) is 4.85. The summed E-state index contributed by atoms with van der Waals surface area (Å²) in [6.07, 6.45) is 0. The van der Waals surface area contributed by atoms with Crippen molar-refractivity contribution in [3.05, 3.63) is 27.8 Å². The van der Waals surface area contributed by atoms with Crippen molar-refractivity contribution in [1.82, 2.24) is 5.32 Å². The van der Waals surface area contributed by atoms with Gasteiger partial charge >= 0.3 is 0 Å². The fourth-order valence-electron chi connectivity index (χ4n) is 2.46. The van der Waals surface area contributed by atoms with Crippen molar-refractivity contribution in [1.29, 1.82) is 0 Å². The van der Waals surface area contributed by atoms with Crippen LogP contribution in [0.1, 0.15) is 24.2 Å². The molecule has 8 nitrogen and oxygen atoms in total. The number of likely N-dealkylation sites (N-methyl/N-ethyl adjacent to an activating group) is 1. The number of rotatable bonds is 9. The first-order valence-electron chi connectivity index (χ1n) is 8.01. The third-order valence-electron chi connectivity index (χ3n) is 3.98. The summed E-state index contributed by atoms with van der Waals surface area (Å²) < 4.78 is 5.25. The van der Waals surface area contributed by atoms with Crippen molar-refractivity contribution in [2.24, 2.45) is 0 Å². The molecule has 1 rings (SSSR count). The molecule has 0 aromatic heterocycles. The highest BCUT2D eigenvalue weighted by molar-refractivity contribution is 5.98. The van der Waals surface area contributed by atoms with Gasteiger partial charge in [0.05, 0.1) is 43.8 Å². The summed E-state index contributed by atoms with van der Waals surface area (Å²) in [4.78, 5) is 26.2. The molecule has 0 aliphatic carbocycles. The van der Waals surface area contributed by atoms with Gasteiger partial charge < -0.3 is 19.9 Å². The molecule has 24 heavy (non-hydrogen) atoms. The number of benzene rings is 1. The predicted molar refractivity (Wildman–Crippen MR) is 93.2 cm³/mol. The number of nitrogens with one attached hydrogen (secondary N) is 2. The number of hydrogen-bond donors (Lipinski definition) is 2. The lowest BCUT2D eigenvalue weighted by Crippen LogP contribution is -3.12. The molecule has 0 atom stereocenters. The molecule has 0 unspecified atom stereocenters. The highest BCUT2D eigenvalue weighted by atomic mass is 16.6. The molecule has 1 aromatic rings. The maximum absolute atomic E-state index is 12.4. The number of quaternary nitrogens is 1. The first-order chi connectivity index (χ1) is 11.3. The van der Waals surface area contributed by atoms with Gasteiger partial charge in [-0.1, -0.05) is 0 Å². The Morgan fingerprint density at radius 1 is 1.33 bits per heavy atom. The molecule has 1 aromatic carbocycles. The lowest BCUT2D eigenvalue weighted by molar-refractivity contribution is -0.895. The summed E-state index contributed by atoms with van der Waals surface area (Å²) in [5, 5.41) is 14.1. The van der Waals surface area contributed by atoms with Gasteiger partial charge in [0, 0.05) is 26.2 Å². The molecule has 0 aliphatic heterocycles. The van der Waals surface area contributed by atoms with E-state index >= 15 is 0 Å². The molecule has 2 N–H and O–H groups in total. The fraction of sp³-hybridized carbons (Fsp3) is 0.562. The zero-order valence-electron chi connectivity index (χ0n) is 15.0. The predicted octanol–water partition coefficient (Wildman–Crippen LogP) is 0.324. The van der Waals surface area contributed by atoms with Crippen LogP contribution in [0.4, 0.5) is 11.4 Å². The first kappa shape index (κ1) is 19.7. The van der Waals surface area contributed by atoms with Crippen LogP contribution in [0.15, 0.2) is 12.1 Å². The Morgan fingerprint density at radius 2 is 1.96 bits per heavy atom. The normalized spacial score (nSPS) is 10.6. The number of nitrogens with zero attached hydrogens (tertiary/aromatic N) is 2. The smallest absolute Gasteiger partial charge is 0.293 e. The topological polar surface area (TPSA) is 89.1 Å². The second-order valence-electron chi connectivity index (χ2n) is 5.66. The standard InChI is InChI=1S/C16H26N4O4/c1-6-19(7-2)9-8-17-16(21)12-10-14(20(22)23)13(18(3)4)11-15(12)24-5/h10-11H,6-9H2,1-5H3,(H,17,21)/p+1. The highest BCUT2D eigenvalue weighted by Gasteiger charge is 2.23. The Kier molecular flexibility index (Phi) is 7.44. The molecule has 0 fully saturated rings. The van der Waals surface area contributed by atoms with Crippen molar-refractivity contribution in [2.45, 2.75) is 13.8 Å². The summed E-state index contributed by atoms with van der Waals surface area (Å²) in [5.74, 6) is -0.0520. The van der Waals surface area contributed by atoms with Gasteiger partial charge in [-0.15, -0.1) is 0 Å². The van der Waals surface area contributed by atoms with Gasteiger partial charge in [0.1, 0.15) is 11.4 Å². The van der Waals surface area contributed by atoms with E-state index in [-0.39, 0.29) is 17.2 Å². The molecule has 0 saturated carbocycles. The van der Waals surface area contributed by atoms with Crippen LogP contribution < -0.4 is 19.9 Å². The van der Waals surface area contributed by atoms with Gasteiger partial charge in [-0.05, 0) is 13.8 Å². The molecule has 134 valence electrons. The minimum absolute atomic E-state index is 0.125. The third kappa shape index (κ3) is 4.82. The number of amides is 1. The van der Waals surface area contributed by atoms with E-state index in [0.29, 0.717) is 18.0 Å². The van der Waals surface area contributed by atoms with Crippen LogP contribution in [-0.2, 0) is 0 Å². The Balaban J connectivity index is 3.02. The fourth-order valence-corrected chi connectivity index (χ4v) is 2.46. The van der Waals surface area contributed by atoms with Crippen LogP contribution in [-0.4, -0.2) is 58.2 Å². The molecule has 8 heteroatoms. The van der Waals surface area contributed by atoms with E-state index < -0.39 is 4.92 Å². The summed E-state index contributed by atoms with van der Waals surface area (Å²) in [6.45, 7) is 7.46. The minimum Gasteiger partial charge on any atom is -0.496 e. The number of ether oxygens (including phenoxy) is 1. The van der Waals surface area contributed by atoms with Crippen LogP contribution in [0.25, 0.3) is 0 Å². The average molecular weight is 339 g/mol. The zero-order chi connectivity index (χ0) is 18.3. The van der Waals surface area contributed by atoms with Crippen molar-refractivity contribution < 1.29 is 19.4 Å². The monoisotopic (exact) mass is 339 g/mol. The van der Waals surface area contributed by atoms with E-state index in [0.717, 1.165) is 19.6 Å². The molecule has 0 bridgehead atoms. The van der Waals surface area contributed by atoms with Gasteiger partial charge in [0.2, 0.25) is 0 Å². The van der Waals surface area contributed by atoms with Crippen molar-refractivity contribution in [3.8, 4) is 5.75 Å². The number of anilines is 1. The molecule has 0 spiro atoms. The van der Waals surface area contributed by atoms with E-state index in [4.69, 9.17) is 4.74 Å². The Morgan fingerprint density at radius 3 is 2.42 bits per heavy atom. The van der Waals surface area contributed by atoms with E-state index in [2.05, 4.69) is 19.2 Å². The maximum atomic E-state index is 12.4. The maximum Gasteiger partial charge on any atom is 0.293 e. The molecule has 0 heterocycles. The number of methoxy groups -OCH3 is 1. The number of hydrogen-bond acceptors (Lipinski definition) is 5. The van der Waals surface area contributed by atoms with E-state index in [9.17, 15) is 14.9 Å². The van der Waals surface area contributed by atoms with E-state index in [1.54, 1.807) is 19.0 Å². The molecular formula is C16H27N4O4+.